The summed E-state index contributed by atoms with van der Waals surface area (Å²) in [7, 11) is 0. The van der Waals surface area contributed by atoms with Crippen molar-refractivity contribution in [3.8, 4) is 12.0 Å². The van der Waals surface area contributed by atoms with Crippen LogP contribution in [0.5, 0.6) is 0 Å². The summed E-state index contributed by atoms with van der Waals surface area (Å²) in [5.74, 6) is 2.70. The minimum Gasteiger partial charge on any atom is -0.392 e. The first kappa shape index (κ1) is 7.64. The first-order valence-corrected chi connectivity index (χ1v) is 3.28. The van der Waals surface area contributed by atoms with Crippen LogP contribution in [0, 0.1) is 12.0 Å². The molecule has 2 heteroatoms. The maximum Gasteiger partial charge on any atom is 0.0682 e. The van der Waals surface area contributed by atoms with Gasteiger partial charge in [-0.3, -0.25) is 0 Å². The molecule has 0 bridgehead atoms. The summed E-state index contributed by atoms with van der Waals surface area (Å²) in [6, 6.07) is 9.63. The van der Waals surface area contributed by atoms with E-state index in [0.717, 1.165) is 11.1 Å². The van der Waals surface area contributed by atoms with E-state index < -0.39 is 0 Å². The lowest BCUT2D eigenvalue weighted by atomic mass is 10.1. The van der Waals surface area contributed by atoms with Crippen LogP contribution in [0.1, 0.15) is 11.1 Å². The Morgan fingerprint density at radius 3 is 2.91 bits per heavy atom. The monoisotopic (exact) mass is 147 g/mol. The number of benzene rings is 1. The molecule has 0 aliphatic heterocycles. The molecule has 2 nitrogen and oxygen atoms in total. The predicted octanol–water partition coefficient (Wildman–Crippen LogP) is 0.447. The molecule has 0 atom stereocenters. The van der Waals surface area contributed by atoms with Crippen LogP contribution in [0.3, 0.4) is 0 Å². The number of hydrogen-bond acceptors (Lipinski definition) is 2. The minimum absolute atomic E-state index is 0.0418. The van der Waals surface area contributed by atoms with Gasteiger partial charge in [0.05, 0.1) is 6.61 Å². The van der Waals surface area contributed by atoms with Crippen LogP contribution in [0.2, 0.25) is 0 Å². The van der Waals surface area contributed by atoms with Gasteiger partial charge in [0.25, 0.3) is 0 Å². The summed E-state index contributed by atoms with van der Waals surface area (Å²) < 4.78 is 0. The van der Waals surface area contributed by atoms with Gasteiger partial charge < -0.3 is 10.8 Å². The third-order valence-corrected chi connectivity index (χ3v) is 1.33. The van der Waals surface area contributed by atoms with E-state index in [1.54, 1.807) is 6.07 Å². The largest absolute Gasteiger partial charge is 0.392 e. The lowest BCUT2D eigenvalue weighted by Gasteiger charge is -1.94. The lowest BCUT2D eigenvalue weighted by molar-refractivity contribution is 0.282. The average molecular weight is 147 g/mol. The highest BCUT2D eigenvalue weighted by atomic mass is 16.3. The number of aliphatic hydroxyl groups is 1. The van der Waals surface area contributed by atoms with Crippen LogP contribution < -0.4 is 5.73 Å². The van der Waals surface area contributed by atoms with Crippen molar-refractivity contribution < 1.29 is 5.11 Å². The quantitative estimate of drug-likeness (QED) is 0.447. The van der Waals surface area contributed by atoms with Crippen LogP contribution in [0.15, 0.2) is 24.3 Å². The van der Waals surface area contributed by atoms with Gasteiger partial charge >= 0.3 is 0 Å². The smallest absolute Gasteiger partial charge is 0.0682 e. The Morgan fingerprint density at radius 1 is 1.45 bits per heavy atom. The zero-order valence-electron chi connectivity index (χ0n) is 6.04. The van der Waals surface area contributed by atoms with Gasteiger partial charge in [-0.1, -0.05) is 12.1 Å². The molecular formula is C9H9NO. The molecule has 0 amide bonds. The number of hydrogen-bond donors (Lipinski definition) is 2. The molecule has 11 heavy (non-hydrogen) atoms. The van der Waals surface area contributed by atoms with Crippen LogP contribution in [0.25, 0.3) is 0 Å². The van der Waals surface area contributed by atoms with Gasteiger partial charge in [0.15, 0.2) is 0 Å². The fourth-order valence-corrected chi connectivity index (χ4v) is 0.831. The lowest BCUT2D eigenvalue weighted by Crippen LogP contribution is -1.84. The van der Waals surface area contributed by atoms with E-state index in [-0.39, 0.29) is 6.61 Å². The molecule has 0 fully saturated rings. The summed E-state index contributed by atoms with van der Waals surface area (Å²) in [6.07, 6.45) is 0. The Labute approximate surface area is 65.7 Å². The predicted molar refractivity (Wildman–Crippen MR) is 43.4 cm³/mol. The van der Waals surface area contributed by atoms with E-state index >= 15 is 0 Å². The molecule has 0 heterocycles. The van der Waals surface area contributed by atoms with Crippen LogP contribution >= 0.6 is 0 Å². The first-order valence-electron chi connectivity index (χ1n) is 3.28. The normalized spacial score (nSPS) is 8.45. The summed E-state index contributed by atoms with van der Waals surface area (Å²) in [6.45, 7) is 0.0418. The van der Waals surface area contributed by atoms with E-state index in [9.17, 15) is 0 Å². The summed E-state index contributed by atoms with van der Waals surface area (Å²) in [5, 5.41) is 8.75. The van der Waals surface area contributed by atoms with Crippen LogP contribution in [0.4, 0.5) is 0 Å². The van der Waals surface area contributed by atoms with E-state index in [2.05, 4.69) is 12.0 Å². The van der Waals surface area contributed by atoms with Gasteiger partial charge in [-0.15, -0.1) is 0 Å². The highest BCUT2D eigenvalue weighted by Gasteiger charge is 1.89. The molecule has 0 unspecified atom stereocenters. The topological polar surface area (TPSA) is 46.2 Å². The maximum atomic E-state index is 8.75. The van der Waals surface area contributed by atoms with Gasteiger partial charge in [0.2, 0.25) is 0 Å². The molecule has 0 aromatic heterocycles. The average Bonchev–Trinajstić information content (AvgIpc) is 2.06. The molecule has 0 aliphatic carbocycles. The third-order valence-electron chi connectivity index (χ3n) is 1.33. The number of rotatable bonds is 1. The first-order chi connectivity index (χ1) is 5.36. The molecule has 0 spiro atoms. The van der Waals surface area contributed by atoms with Crippen molar-refractivity contribution in [2.45, 2.75) is 6.61 Å². The summed E-state index contributed by atoms with van der Waals surface area (Å²) in [4.78, 5) is 0. The van der Waals surface area contributed by atoms with E-state index in [1.165, 1.54) is 0 Å². The Balaban J connectivity index is 2.97. The van der Waals surface area contributed by atoms with Crippen molar-refractivity contribution in [1.29, 1.82) is 0 Å². The second kappa shape index (κ2) is 3.65. The molecule has 0 radical (unpaired) electrons. The van der Waals surface area contributed by atoms with Gasteiger partial charge in [-0.05, 0) is 23.6 Å². The van der Waals surface area contributed by atoms with Gasteiger partial charge in [0.1, 0.15) is 0 Å². The second-order valence-corrected chi connectivity index (χ2v) is 2.13. The van der Waals surface area contributed by atoms with Crippen LogP contribution in [-0.4, -0.2) is 5.11 Å². The highest BCUT2D eigenvalue weighted by Crippen LogP contribution is 2.02. The zero-order valence-corrected chi connectivity index (χ0v) is 6.04. The fraction of sp³-hybridized carbons (Fsp3) is 0.111. The van der Waals surface area contributed by atoms with Crippen molar-refractivity contribution in [3.05, 3.63) is 35.4 Å². The molecule has 0 aliphatic rings. The van der Waals surface area contributed by atoms with Crippen molar-refractivity contribution in [2.24, 2.45) is 5.73 Å². The fourth-order valence-electron chi connectivity index (χ4n) is 0.831. The summed E-state index contributed by atoms with van der Waals surface area (Å²) >= 11 is 0. The summed E-state index contributed by atoms with van der Waals surface area (Å²) in [5.41, 5.74) is 6.71. The van der Waals surface area contributed by atoms with Crippen molar-refractivity contribution >= 4 is 0 Å². The number of nitrogens with two attached hydrogens (primary N) is 1. The standard InChI is InChI=1S/C9H9NO/c10-5-4-8-2-1-3-9(6-8)7-11/h1-3,6,11H,7,10H2. The molecule has 1 rings (SSSR count). The number of aliphatic hydroxyl groups excluding tert-OH is 1. The van der Waals surface area contributed by atoms with Gasteiger partial charge in [-0.2, -0.15) is 0 Å². The maximum absolute atomic E-state index is 8.75. The molecule has 0 saturated heterocycles. The third kappa shape index (κ3) is 1.99. The molecule has 56 valence electrons. The van der Waals surface area contributed by atoms with Crippen molar-refractivity contribution in [3.63, 3.8) is 0 Å². The molecule has 0 saturated carbocycles. The van der Waals surface area contributed by atoms with Crippen molar-refractivity contribution in [2.75, 3.05) is 0 Å². The Hall–Kier alpha value is -1.46. The van der Waals surface area contributed by atoms with Crippen molar-refractivity contribution in [1.82, 2.24) is 0 Å². The Bertz CT molecular complexity index is 296. The van der Waals surface area contributed by atoms with Gasteiger partial charge in [0, 0.05) is 11.6 Å². The highest BCUT2D eigenvalue weighted by molar-refractivity contribution is 5.36. The Kier molecular flexibility index (Phi) is 2.53. The SMILES string of the molecule is NC#Cc1cccc(CO)c1. The second-order valence-electron chi connectivity index (χ2n) is 2.13. The van der Waals surface area contributed by atoms with Gasteiger partial charge in [-0.25, -0.2) is 0 Å². The molecule has 1 aromatic carbocycles. The zero-order chi connectivity index (χ0) is 8.10. The minimum atomic E-state index is 0.0418. The molecule has 3 N–H and O–H groups in total. The molecular weight excluding hydrogens is 138 g/mol. The van der Waals surface area contributed by atoms with E-state index in [0.29, 0.717) is 0 Å². The Morgan fingerprint density at radius 2 is 2.27 bits per heavy atom. The van der Waals surface area contributed by atoms with Crippen LogP contribution in [-0.2, 0) is 6.61 Å². The molecule has 1 aromatic rings. The van der Waals surface area contributed by atoms with E-state index in [1.807, 2.05) is 18.2 Å². The van der Waals surface area contributed by atoms with E-state index in [4.69, 9.17) is 10.8 Å².